The van der Waals surface area contributed by atoms with Gasteiger partial charge in [0.1, 0.15) is 11.6 Å². The van der Waals surface area contributed by atoms with Gasteiger partial charge in [0, 0.05) is 16.3 Å². The van der Waals surface area contributed by atoms with Crippen LogP contribution < -0.4 is 15.4 Å². The van der Waals surface area contributed by atoms with Crippen LogP contribution in [0.25, 0.3) is 0 Å². The summed E-state index contributed by atoms with van der Waals surface area (Å²) in [5, 5.41) is 6.64. The maximum Gasteiger partial charge on any atom is 0.255 e. The molecule has 1 heterocycles. The Morgan fingerprint density at radius 1 is 1.04 bits per heavy atom. The van der Waals surface area contributed by atoms with Gasteiger partial charge in [-0.3, -0.25) is 4.79 Å². The Morgan fingerprint density at radius 2 is 1.80 bits per heavy atom. The topological polar surface area (TPSA) is 63.2 Å². The third-order valence-corrected chi connectivity index (χ3v) is 3.72. The lowest BCUT2D eigenvalue weighted by Crippen LogP contribution is -2.12. The molecule has 0 spiro atoms. The Morgan fingerprint density at radius 3 is 2.48 bits per heavy atom. The van der Waals surface area contributed by atoms with E-state index in [1.165, 1.54) is 0 Å². The number of ether oxygens (including phenoxy) is 1. The van der Waals surface area contributed by atoms with E-state index in [1.807, 2.05) is 12.1 Å². The highest BCUT2D eigenvalue weighted by Crippen LogP contribution is 2.19. The normalized spacial score (nSPS) is 10.2. The van der Waals surface area contributed by atoms with E-state index in [1.54, 1.807) is 61.8 Å². The molecular weight excluding hydrogens is 338 g/mol. The first-order valence-electron chi connectivity index (χ1n) is 7.58. The number of hydrogen-bond acceptors (Lipinski definition) is 4. The summed E-state index contributed by atoms with van der Waals surface area (Å²) in [7, 11) is 1.56. The molecule has 126 valence electrons. The Bertz CT molecular complexity index is 865. The van der Waals surface area contributed by atoms with E-state index in [2.05, 4.69) is 15.6 Å². The first-order chi connectivity index (χ1) is 12.1. The molecule has 3 rings (SSSR count). The summed E-state index contributed by atoms with van der Waals surface area (Å²) in [5.74, 6) is 1.08. The number of pyridine rings is 1. The van der Waals surface area contributed by atoms with Crippen molar-refractivity contribution >= 4 is 34.7 Å². The van der Waals surface area contributed by atoms with Crippen LogP contribution in [0.5, 0.6) is 5.75 Å². The molecule has 3 aromatic rings. The number of methoxy groups -OCH3 is 1. The minimum absolute atomic E-state index is 0.223. The highest BCUT2D eigenvalue weighted by molar-refractivity contribution is 6.30. The van der Waals surface area contributed by atoms with Crippen molar-refractivity contribution < 1.29 is 9.53 Å². The molecule has 0 saturated carbocycles. The van der Waals surface area contributed by atoms with Gasteiger partial charge in [-0.15, -0.1) is 0 Å². The minimum atomic E-state index is -0.223. The molecule has 0 atom stereocenters. The third-order valence-electron chi connectivity index (χ3n) is 3.47. The molecule has 0 fully saturated rings. The van der Waals surface area contributed by atoms with Crippen LogP contribution in [0.2, 0.25) is 5.02 Å². The highest BCUT2D eigenvalue weighted by atomic mass is 35.5. The molecular formula is C19H16ClN3O2. The third kappa shape index (κ3) is 4.49. The van der Waals surface area contributed by atoms with E-state index in [9.17, 15) is 4.79 Å². The van der Waals surface area contributed by atoms with Crippen molar-refractivity contribution in [3.63, 3.8) is 0 Å². The summed E-state index contributed by atoms with van der Waals surface area (Å²) < 4.78 is 5.13. The Hall–Kier alpha value is -3.05. The first-order valence-corrected chi connectivity index (χ1v) is 7.96. The Balaban J connectivity index is 1.65. The van der Waals surface area contributed by atoms with Gasteiger partial charge in [0.15, 0.2) is 0 Å². The molecule has 2 N–H and O–H groups in total. The standard InChI is InChI=1S/C19H16ClN3O2/c1-25-17-4-2-3-13(11-17)19(24)23-16-9-10-18(21-12-16)22-15-7-5-14(20)6-8-15/h2-12H,1H3,(H,21,22)(H,23,24). The van der Waals surface area contributed by atoms with Crippen molar-refractivity contribution in [3.05, 3.63) is 77.4 Å². The van der Waals surface area contributed by atoms with Crippen molar-refractivity contribution in [2.75, 3.05) is 17.7 Å². The highest BCUT2D eigenvalue weighted by Gasteiger charge is 2.07. The summed E-state index contributed by atoms with van der Waals surface area (Å²) in [5.41, 5.74) is 2.00. The van der Waals surface area contributed by atoms with Crippen molar-refractivity contribution in [2.45, 2.75) is 0 Å². The molecule has 25 heavy (non-hydrogen) atoms. The molecule has 2 aromatic carbocycles. The Labute approximate surface area is 150 Å². The lowest BCUT2D eigenvalue weighted by atomic mass is 10.2. The largest absolute Gasteiger partial charge is 0.497 e. The van der Waals surface area contributed by atoms with Gasteiger partial charge < -0.3 is 15.4 Å². The molecule has 0 saturated heterocycles. The Kier molecular flexibility index (Phi) is 5.16. The number of halogens is 1. The maximum absolute atomic E-state index is 12.3. The molecule has 0 aliphatic carbocycles. The van der Waals surface area contributed by atoms with Crippen LogP contribution in [-0.2, 0) is 0 Å². The number of nitrogens with one attached hydrogen (secondary N) is 2. The van der Waals surface area contributed by atoms with Crippen LogP contribution in [0.15, 0.2) is 66.9 Å². The van der Waals surface area contributed by atoms with Crippen LogP contribution in [0.4, 0.5) is 17.2 Å². The van der Waals surface area contributed by atoms with Gasteiger partial charge in [-0.05, 0) is 54.6 Å². The van der Waals surface area contributed by atoms with Gasteiger partial charge in [0.25, 0.3) is 5.91 Å². The summed E-state index contributed by atoms with van der Waals surface area (Å²) in [6.07, 6.45) is 1.59. The SMILES string of the molecule is COc1cccc(C(=O)Nc2ccc(Nc3ccc(Cl)cc3)nc2)c1. The van der Waals surface area contributed by atoms with Gasteiger partial charge in [-0.2, -0.15) is 0 Å². The zero-order chi connectivity index (χ0) is 17.6. The smallest absolute Gasteiger partial charge is 0.255 e. The van der Waals surface area contributed by atoms with E-state index in [0.717, 1.165) is 5.69 Å². The number of amides is 1. The number of anilines is 3. The van der Waals surface area contributed by atoms with Crippen molar-refractivity contribution in [1.82, 2.24) is 4.98 Å². The zero-order valence-electron chi connectivity index (χ0n) is 13.5. The number of rotatable bonds is 5. The molecule has 0 unspecified atom stereocenters. The lowest BCUT2D eigenvalue weighted by molar-refractivity contribution is 0.102. The average Bonchev–Trinajstić information content (AvgIpc) is 2.65. The van der Waals surface area contributed by atoms with Crippen molar-refractivity contribution in [1.29, 1.82) is 0 Å². The molecule has 1 aromatic heterocycles. The molecule has 0 aliphatic rings. The quantitative estimate of drug-likeness (QED) is 0.695. The van der Waals surface area contributed by atoms with Crippen LogP contribution in [0.3, 0.4) is 0 Å². The average molecular weight is 354 g/mol. The number of carbonyl (C=O) groups excluding carboxylic acids is 1. The van der Waals surface area contributed by atoms with Crippen LogP contribution in [0.1, 0.15) is 10.4 Å². The molecule has 6 heteroatoms. The first kappa shape index (κ1) is 16.8. The summed E-state index contributed by atoms with van der Waals surface area (Å²) >= 11 is 5.86. The van der Waals surface area contributed by atoms with E-state index in [4.69, 9.17) is 16.3 Å². The number of benzene rings is 2. The summed E-state index contributed by atoms with van der Waals surface area (Å²) in [4.78, 5) is 16.6. The monoisotopic (exact) mass is 353 g/mol. The summed E-state index contributed by atoms with van der Waals surface area (Å²) in [6, 6.07) is 17.9. The van der Waals surface area contributed by atoms with Crippen LogP contribution >= 0.6 is 11.6 Å². The molecule has 0 bridgehead atoms. The fourth-order valence-corrected chi connectivity index (χ4v) is 2.32. The van der Waals surface area contributed by atoms with Crippen LogP contribution in [0, 0.1) is 0 Å². The predicted molar refractivity (Wildman–Crippen MR) is 99.9 cm³/mol. The fourth-order valence-electron chi connectivity index (χ4n) is 2.19. The van der Waals surface area contributed by atoms with Crippen molar-refractivity contribution in [3.8, 4) is 5.75 Å². The number of aromatic nitrogens is 1. The van der Waals surface area contributed by atoms with E-state index in [-0.39, 0.29) is 5.91 Å². The van der Waals surface area contributed by atoms with E-state index >= 15 is 0 Å². The number of hydrogen-bond donors (Lipinski definition) is 2. The van der Waals surface area contributed by atoms with Gasteiger partial charge in [0.05, 0.1) is 19.0 Å². The second kappa shape index (κ2) is 7.68. The molecule has 1 amide bonds. The van der Waals surface area contributed by atoms with E-state index < -0.39 is 0 Å². The van der Waals surface area contributed by atoms with Gasteiger partial charge in [-0.1, -0.05) is 17.7 Å². The maximum atomic E-state index is 12.3. The second-order valence-corrected chi connectivity index (χ2v) is 5.69. The molecule has 0 radical (unpaired) electrons. The lowest BCUT2D eigenvalue weighted by Gasteiger charge is -2.08. The fraction of sp³-hybridized carbons (Fsp3) is 0.0526. The molecule has 5 nitrogen and oxygen atoms in total. The zero-order valence-corrected chi connectivity index (χ0v) is 14.2. The van der Waals surface area contributed by atoms with Crippen molar-refractivity contribution in [2.24, 2.45) is 0 Å². The van der Waals surface area contributed by atoms with Crippen LogP contribution in [-0.4, -0.2) is 18.0 Å². The minimum Gasteiger partial charge on any atom is -0.497 e. The molecule has 0 aliphatic heterocycles. The second-order valence-electron chi connectivity index (χ2n) is 5.25. The number of carbonyl (C=O) groups is 1. The van der Waals surface area contributed by atoms with Gasteiger partial charge >= 0.3 is 0 Å². The van der Waals surface area contributed by atoms with Gasteiger partial charge in [0.2, 0.25) is 0 Å². The predicted octanol–water partition coefficient (Wildman–Crippen LogP) is 4.74. The van der Waals surface area contributed by atoms with E-state index in [0.29, 0.717) is 27.8 Å². The number of nitrogens with zero attached hydrogens (tertiary/aromatic N) is 1. The summed E-state index contributed by atoms with van der Waals surface area (Å²) in [6.45, 7) is 0. The van der Waals surface area contributed by atoms with Gasteiger partial charge in [-0.25, -0.2) is 4.98 Å².